The fraction of sp³-hybridized carbons (Fsp3) is 0.296. The first-order valence-corrected chi connectivity index (χ1v) is 11.1. The van der Waals surface area contributed by atoms with Crippen molar-refractivity contribution in [1.82, 2.24) is 9.80 Å². The first-order valence-electron chi connectivity index (χ1n) is 11.1. The van der Waals surface area contributed by atoms with Crippen LogP contribution in [0.2, 0.25) is 0 Å². The third-order valence-electron chi connectivity index (χ3n) is 5.97. The standard InChI is InChI=1S/C27H26N4O2/c28-17-23-5-1-21(2-6-23)15-25-19-31(10-9-30-11-13-33-14-12-30)20-26(27(25)32)16-22-3-7-24(18-29)8-4-22/h1-8,15-16H,9-14,19-20H2/b25-15+,26-16+. The van der Waals surface area contributed by atoms with Crippen molar-refractivity contribution in [1.29, 1.82) is 10.5 Å². The molecule has 6 nitrogen and oxygen atoms in total. The van der Waals surface area contributed by atoms with E-state index in [2.05, 4.69) is 21.9 Å². The van der Waals surface area contributed by atoms with E-state index >= 15 is 0 Å². The van der Waals surface area contributed by atoms with E-state index in [9.17, 15) is 4.79 Å². The fourth-order valence-electron chi connectivity index (χ4n) is 4.09. The number of carbonyl (C=O) groups excluding carboxylic acids is 1. The van der Waals surface area contributed by atoms with Crippen molar-refractivity contribution < 1.29 is 9.53 Å². The van der Waals surface area contributed by atoms with Gasteiger partial charge in [-0.1, -0.05) is 24.3 Å². The molecule has 0 radical (unpaired) electrons. The van der Waals surface area contributed by atoms with Gasteiger partial charge >= 0.3 is 0 Å². The molecule has 2 aliphatic heterocycles. The Kier molecular flexibility index (Phi) is 7.44. The molecule has 0 spiro atoms. The van der Waals surface area contributed by atoms with Crippen molar-refractivity contribution in [3.05, 3.63) is 81.9 Å². The van der Waals surface area contributed by atoms with Crippen LogP contribution >= 0.6 is 0 Å². The summed E-state index contributed by atoms with van der Waals surface area (Å²) in [5.41, 5.74) is 4.50. The van der Waals surface area contributed by atoms with Gasteiger partial charge in [-0.2, -0.15) is 10.5 Å². The normalized spacial score (nSPS) is 20.0. The molecule has 0 atom stereocenters. The van der Waals surface area contributed by atoms with Gasteiger partial charge in [-0.25, -0.2) is 0 Å². The Balaban J connectivity index is 1.57. The van der Waals surface area contributed by atoms with Gasteiger partial charge in [0.25, 0.3) is 0 Å². The number of nitrogens with zero attached hydrogens (tertiary/aromatic N) is 4. The van der Waals surface area contributed by atoms with Gasteiger partial charge in [-0.3, -0.25) is 14.6 Å². The Morgan fingerprint density at radius 2 is 1.21 bits per heavy atom. The molecule has 0 aromatic heterocycles. The predicted molar refractivity (Wildman–Crippen MR) is 127 cm³/mol. The monoisotopic (exact) mass is 438 g/mol. The molecular weight excluding hydrogens is 412 g/mol. The van der Waals surface area contributed by atoms with Gasteiger partial charge in [0.2, 0.25) is 0 Å². The van der Waals surface area contributed by atoms with E-state index in [0.717, 1.165) is 61.7 Å². The first kappa shape index (κ1) is 22.6. The number of morpholine rings is 1. The lowest BCUT2D eigenvalue weighted by Crippen LogP contribution is -2.44. The second-order valence-corrected chi connectivity index (χ2v) is 8.30. The van der Waals surface area contributed by atoms with Crippen LogP contribution in [0.4, 0.5) is 0 Å². The molecule has 0 N–H and O–H groups in total. The molecular formula is C27H26N4O2. The number of likely N-dealkylation sites (tertiary alicyclic amines) is 1. The summed E-state index contributed by atoms with van der Waals surface area (Å²) >= 11 is 0. The number of carbonyl (C=O) groups is 1. The first-order chi connectivity index (χ1) is 16.1. The molecule has 0 unspecified atom stereocenters. The number of hydrogen-bond donors (Lipinski definition) is 0. The Bertz CT molecular complexity index is 1050. The van der Waals surface area contributed by atoms with Crippen LogP contribution in [0.1, 0.15) is 22.3 Å². The predicted octanol–water partition coefficient (Wildman–Crippen LogP) is 3.11. The molecule has 6 heteroatoms. The van der Waals surface area contributed by atoms with Gasteiger partial charge in [-0.15, -0.1) is 0 Å². The van der Waals surface area contributed by atoms with E-state index in [1.54, 1.807) is 24.3 Å². The van der Waals surface area contributed by atoms with Crippen LogP contribution in [0.5, 0.6) is 0 Å². The summed E-state index contributed by atoms with van der Waals surface area (Å²) < 4.78 is 5.45. The van der Waals surface area contributed by atoms with Crippen molar-refractivity contribution in [2.45, 2.75) is 0 Å². The number of Topliss-reactive ketones (excluding diaryl/α,β-unsaturated/α-hetero) is 1. The summed E-state index contributed by atoms with van der Waals surface area (Å²) in [5.74, 6) is 0.0475. The SMILES string of the molecule is N#Cc1ccc(/C=C2\CN(CCN3CCOCC3)C/C(=C\c3ccc(C#N)cc3)C2=O)cc1. The maximum atomic E-state index is 13.3. The molecule has 0 aliphatic carbocycles. The van der Waals surface area contributed by atoms with Crippen molar-refractivity contribution >= 4 is 17.9 Å². The Morgan fingerprint density at radius 1 is 0.758 bits per heavy atom. The molecule has 2 aromatic rings. The third kappa shape index (κ3) is 6.03. The zero-order valence-electron chi connectivity index (χ0n) is 18.5. The second-order valence-electron chi connectivity index (χ2n) is 8.30. The molecule has 0 bridgehead atoms. The molecule has 0 amide bonds. The molecule has 2 aliphatic rings. The number of hydrogen-bond acceptors (Lipinski definition) is 6. The summed E-state index contributed by atoms with van der Waals surface area (Å²) in [6.45, 7) is 6.40. The van der Waals surface area contributed by atoms with Crippen LogP contribution in [-0.2, 0) is 9.53 Å². The summed E-state index contributed by atoms with van der Waals surface area (Å²) in [5, 5.41) is 18.1. The van der Waals surface area contributed by atoms with Crippen LogP contribution in [0.3, 0.4) is 0 Å². The summed E-state index contributed by atoms with van der Waals surface area (Å²) in [6, 6.07) is 18.8. The number of rotatable bonds is 5. The number of nitriles is 2. The van der Waals surface area contributed by atoms with Gasteiger partial charge in [0, 0.05) is 50.4 Å². The topological polar surface area (TPSA) is 80.4 Å². The molecule has 4 rings (SSSR count). The molecule has 33 heavy (non-hydrogen) atoms. The zero-order valence-corrected chi connectivity index (χ0v) is 18.5. The smallest absolute Gasteiger partial charge is 0.187 e. The minimum atomic E-state index is 0.0475. The lowest BCUT2D eigenvalue weighted by atomic mass is 9.94. The number of ether oxygens (including phenoxy) is 1. The summed E-state index contributed by atoms with van der Waals surface area (Å²) in [7, 11) is 0. The Hall–Kier alpha value is -3.55. The molecule has 2 heterocycles. The maximum absolute atomic E-state index is 13.3. The van der Waals surface area contributed by atoms with Crippen LogP contribution in [0, 0.1) is 22.7 Å². The van der Waals surface area contributed by atoms with Crippen LogP contribution < -0.4 is 0 Å². The molecule has 2 fully saturated rings. The van der Waals surface area contributed by atoms with Crippen LogP contribution in [-0.4, -0.2) is 68.1 Å². The highest BCUT2D eigenvalue weighted by Gasteiger charge is 2.26. The average Bonchev–Trinajstić information content (AvgIpc) is 2.87. The number of benzene rings is 2. The van der Waals surface area contributed by atoms with E-state index in [0.29, 0.717) is 24.2 Å². The Morgan fingerprint density at radius 3 is 1.67 bits per heavy atom. The number of ketones is 1. The lowest BCUT2D eigenvalue weighted by Gasteiger charge is -2.33. The van der Waals surface area contributed by atoms with Gasteiger partial charge in [-0.05, 0) is 47.5 Å². The molecule has 166 valence electrons. The van der Waals surface area contributed by atoms with E-state index in [-0.39, 0.29) is 5.78 Å². The van der Waals surface area contributed by atoms with Gasteiger partial charge < -0.3 is 4.74 Å². The van der Waals surface area contributed by atoms with E-state index in [1.807, 2.05) is 36.4 Å². The summed E-state index contributed by atoms with van der Waals surface area (Å²) in [4.78, 5) is 18.0. The molecule has 2 saturated heterocycles. The highest BCUT2D eigenvalue weighted by molar-refractivity contribution is 6.14. The Labute approximate surface area is 194 Å². The van der Waals surface area contributed by atoms with E-state index < -0.39 is 0 Å². The molecule has 0 saturated carbocycles. The minimum absolute atomic E-state index is 0.0475. The van der Waals surface area contributed by atoms with E-state index in [1.165, 1.54) is 0 Å². The van der Waals surface area contributed by atoms with Crippen molar-refractivity contribution in [3.63, 3.8) is 0 Å². The average molecular weight is 439 g/mol. The van der Waals surface area contributed by atoms with Crippen molar-refractivity contribution in [2.75, 3.05) is 52.5 Å². The van der Waals surface area contributed by atoms with Gasteiger partial charge in [0.15, 0.2) is 5.78 Å². The van der Waals surface area contributed by atoms with Crippen LogP contribution in [0.25, 0.3) is 12.2 Å². The summed E-state index contributed by atoms with van der Waals surface area (Å²) in [6.07, 6.45) is 3.86. The molecule has 2 aromatic carbocycles. The van der Waals surface area contributed by atoms with Crippen molar-refractivity contribution in [2.24, 2.45) is 0 Å². The lowest BCUT2D eigenvalue weighted by molar-refractivity contribution is -0.113. The van der Waals surface area contributed by atoms with Gasteiger partial charge in [0.05, 0.1) is 36.5 Å². The highest BCUT2D eigenvalue weighted by atomic mass is 16.5. The van der Waals surface area contributed by atoms with E-state index in [4.69, 9.17) is 15.3 Å². The second kappa shape index (κ2) is 10.8. The minimum Gasteiger partial charge on any atom is -0.379 e. The maximum Gasteiger partial charge on any atom is 0.187 e. The fourth-order valence-corrected chi connectivity index (χ4v) is 4.09. The van der Waals surface area contributed by atoms with Crippen LogP contribution in [0.15, 0.2) is 59.7 Å². The van der Waals surface area contributed by atoms with Gasteiger partial charge in [0.1, 0.15) is 0 Å². The zero-order chi connectivity index (χ0) is 23.0. The van der Waals surface area contributed by atoms with Crippen molar-refractivity contribution in [3.8, 4) is 12.1 Å². The third-order valence-corrected chi connectivity index (χ3v) is 5.97. The largest absolute Gasteiger partial charge is 0.379 e. The number of piperidine rings is 1. The highest BCUT2D eigenvalue weighted by Crippen LogP contribution is 2.22. The quantitative estimate of drug-likeness (QED) is 0.668.